The van der Waals surface area contributed by atoms with Gasteiger partial charge in [0.25, 0.3) is 0 Å². The lowest BCUT2D eigenvalue weighted by Gasteiger charge is -2.27. The van der Waals surface area contributed by atoms with Crippen molar-refractivity contribution in [3.8, 4) is 0 Å². The molecule has 2 heterocycles. The first-order valence-electron chi connectivity index (χ1n) is 6.05. The summed E-state index contributed by atoms with van der Waals surface area (Å²) in [4.78, 5) is 25.2. The highest BCUT2D eigenvalue weighted by Crippen LogP contribution is 2.33. The van der Waals surface area contributed by atoms with E-state index in [1.54, 1.807) is 14.0 Å². The van der Waals surface area contributed by atoms with Crippen LogP contribution in [0.5, 0.6) is 0 Å². The summed E-state index contributed by atoms with van der Waals surface area (Å²) in [5.41, 5.74) is 0.0971. The lowest BCUT2D eigenvalue weighted by atomic mass is 9.88. The van der Waals surface area contributed by atoms with Gasteiger partial charge in [-0.2, -0.15) is 4.37 Å². The maximum Gasteiger partial charge on any atom is 0.340 e. The van der Waals surface area contributed by atoms with Gasteiger partial charge in [0, 0.05) is 13.6 Å². The zero-order chi connectivity index (χ0) is 14.2. The molecule has 2 rings (SSSR count). The van der Waals surface area contributed by atoms with Gasteiger partial charge in [0.15, 0.2) is 0 Å². The molecule has 6 nitrogen and oxygen atoms in total. The van der Waals surface area contributed by atoms with Gasteiger partial charge in [-0.25, -0.2) is 4.79 Å². The Bertz CT molecular complexity index is 520. The number of nitrogens with zero attached hydrogens (tertiary/aromatic N) is 2. The van der Waals surface area contributed by atoms with Crippen LogP contribution >= 0.6 is 11.5 Å². The second-order valence-corrected chi connectivity index (χ2v) is 5.86. The summed E-state index contributed by atoms with van der Waals surface area (Å²) >= 11 is 1.05. The van der Waals surface area contributed by atoms with E-state index in [1.807, 2.05) is 6.92 Å². The van der Waals surface area contributed by atoms with E-state index in [0.717, 1.165) is 24.5 Å². The smallest absolute Gasteiger partial charge is 0.340 e. The van der Waals surface area contributed by atoms with Crippen LogP contribution in [0.3, 0.4) is 0 Å². The van der Waals surface area contributed by atoms with E-state index in [0.29, 0.717) is 17.2 Å². The Hall–Kier alpha value is -1.47. The summed E-state index contributed by atoms with van der Waals surface area (Å²) in [5.74, 6) is -1.11. The highest BCUT2D eigenvalue weighted by atomic mass is 32.1. The van der Waals surface area contributed by atoms with Crippen LogP contribution in [-0.4, -0.2) is 41.5 Å². The maximum absolute atomic E-state index is 12.5. The Balaban J connectivity index is 2.32. The molecule has 1 fully saturated rings. The number of hydrogen-bond acceptors (Lipinski definition) is 5. The summed E-state index contributed by atoms with van der Waals surface area (Å²) < 4.78 is 4.04. The number of nitrogens with one attached hydrogen (secondary N) is 1. The molecular formula is C12H17N3O3S. The lowest BCUT2D eigenvalue weighted by Crippen LogP contribution is -2.41. The molecule has 19 heavy (non-hydrogen) atoms. The topological polar surface area (TPSA) is 82.5 Å². The highest BCUT2D eigenvalue weighted by Gasteiger charge is 2.40. The zero-order valence-electron chi connectivity index (χ0n) is 11.2. The standard InChI is InChI=1S/C12H17N3O3S/c1-7-8(10(16)17)9(19-14-7)15(3)11(18)12(2)4-5-13-6-12/h13H,4-6H2,1-3H3,(H,16,17). The normalized spacial score (nSPS) is 22.5. The maximum atomic E-state index is 12.5. The molecule has 0 saturated carbocycles. The zero-order valence-corrected chi connectivity index (χ0v) is 12.0. The van der Waals surface area contributed by atoms with E-state index >= 15 is 0 Å². The van der Waals surface area contributed by atoms with Crippen LogP contribution < -0.4 is 10.2 Å². The number of carboxylic acids is 1. The minimum absolute atomic E-state index is 0.0661. The summed E-state index contributed by atoms with van der Waals surface area (Å²) in [6, 6.07) is 0. The number of carbonyl (C=O) groups excluding carboxylic acids is 1. The van der Waals surface area contributed by atoms with Gasteiger partial charge in [-0.3, -0.25) is 4.79 Å². The molecule has 1 aliphatic rings. The average molecular weight is 283 g/mol. The van der Waals surface area contributed by atoms with Crippen LogP contribution in [0.1, 0.15) is 29.4 Å². The molecule has 0 radical (unpaired) electrons. The molecule has 104 valence electrons. The third-order valence-corrected chi connectivity index (χ3v) is 4.57. The van der Waals surface area contributed by atoms with Crippen LogP contribution in [0.4, 0.5) is 5.00 Å². The van der Waals surface area contributed by atoms with Gasteiger partial charge < -0.3 is 15.3 Å². The summed E-state index contributed by atoms with van der Waals surface area (Å²) in [7, 11) is 1.62. The fraction of sp³-hybridized carbons (Fsp3) is 0.583. The molecule has 1 amide bonds. The summed E-state index contributed by atoms with van der Waals surface area (Å²) in [6.07, 6.45) is 0.760. The SMILES string of the molecule is Cc1nsc(N(C)C(=O)C2(C)CCNC2)c1C(=O)O. The number of rotatable bonds is 3. The van der Waals surface area contributed by atoms with Gasteiger partial charge in [-0.15, -0.1) is 0 Å². The molecule has 0 aromatic carbocycles. The molecule has 0 bridgehead atoms. The van der Waals surface area contributed by atoms with Crippen LogP contribution in [0.15, 0.2) is 0 Å². The molecule has 2 N–H and O–H groups in total. The molecule has 1 atom stereocenters. The molecule has 1 saturated heterocycles. The quantitative estimate of drug-likeness (QED) is 0.868. The Kier molecular flexibility index (Phi) is 3.60. The molecule has 1 aromatic rings. The number of anilines is 1. The molecule has 1 aromatic heterocycles. The van der Waals surface area contributed by atoms with Crippen molar-refractivity contribution in [1.82, 2.24) is 9.69 Å². The number of hydrogen-bond donors (Lipinski definition) is 2. The van der Waals surface area contributed by atoms with Crippen LogP contribution in [0, 0.1) is 12.3 Å². The first-order chi connectivity index (χ1) is 8.87. The Morgan fingerprint density at radius 3 is 2.74 bits per heavy atom. The van der Waals surface area contributed by atoms with Gasteiger partial charge >= 0.3 is 5.97 Å². The predicted molar refractivity (Wildman–Crippen MR) is 72.8 cm³/mol. The fourth-order valence-electron chi connectivity index (χ4n) is 2.33. The summed E-state index contributed by atoms with van der Waals surface area (Å²) in [5, 5.41) is 12.8. The second kappa shape index (κ2) is 4.90. The number of carbonyl (C=O) groups is 2. The van der Waals surface area contributed by atoms with Gasteiger partial charge in [0.1, 0.15) is 10.6 Å². The van der Waals surface area contributed by atoms with Crippen molar-refractivity contribution in [3.05, 3.63) is 11.3 Å². The van der Waals surface area contributed by atoms with Crippen molar-refractivity contribution in [2.75, 3.05) is 25.0 Å². The van der Waals surface area contributed by atoms with Crippen molar-refractivity contribution >= 4 is 28.4 Å². The van der Waals surface area contributed by atoms with Crippen molar-refractivity contribution < 1.29 is 14.7 Å². The van der Waals surface area contributed by atoms with Gasteiger partial charge in [-0.05, 0) is 38.3 Å². The van der Waals surface area contributed by atoms with Crippen molar-refractivity contribution in [3.63, 3.8) is 0 Å². The average Bonchev–Trinajstić information content (AvgIpc) is 2.94. The molecule has 7 heteroatoms. The minimum Gasteiger partial charge on any atom is -0.478 e. The van der Waals surface area contributed by atoms with Gasteiger partial charge in [-0.1, -0.05) is 0 Å². The third kappa shape index (κ3) is 2.35. The monoisotopic (exact) mass is 283 g/mol. The van der Waals surface area contributed by atoms with E-state index in [2.05, 4.69) is 9.69 Å². The van der Waals surface area contributed by atoms with Crippen LogP contribution in [0.25, 0.3) is 0 Å². The van der Waals surface area contributed by atoms with Crippen molar-refractivity contribution in [2.24, 2.45) is 5.41 Å². The first-order valence-corrected chi connectivity index (χ1v) is 6.82. The van der Waals surface area contributed by atoms with E-state index in [4.69, 9.17) is 0 Å². The van der Waals surface area contributed by atoms with Crippen molar-refractivity contribution in [2.45, 2.75) is 20.3 Å². The predicted octanol–water partition coefficient (Wildman–Crippen LogP) is 1.11. The Labute approximate surface area is 115 Å². The van der Waals surface area contributed by atoms with Crippen LogP contribution in [-0.2, 0) is 4.79 Å². The first kappa shape index (κ1) is 14.0. The Morgan fingerprint density at radius 1 is 1.53 bits per heavy atom. The number of aromatic nitrogens is 1. The van der Waals surface area contributed by atoms with Gasteiger partial charge in [0.2, 0.25) is 5.91 Å². The molecule has 1 aliphatic heterocycles. The number of carboxylic acid groups (broad SMARTS) is 1. The molecule has 1 unspecified atom stereocenters. The lowest BCUT2D eigenvalue weighted by molar-refractivity contribution is -0.126. The largest absolute Gasteiger partial charge is 0.478 e. The fourth-order valence-corrected chi connectivity index (χ4v) is 3.18. The third-order valence-electron chi connectivity index (χ3n) is 3.55. The number of aromatic carboxylic acids is 1. The van der Waals surface area contributed by atoms with E-state index < -0.39 is 11.4 Å². The Morgan fingerprint density at radius 2 is 2.21 bits per heavy atom. The molecule has 0 spiro atoms. The van der Waals surface area contributed by atoms with E-state index in [-0.39, 0.29) is 11.5 Å². The van der Waals surface area contributed by atoms with E-state index in [9.17, 15) is 14.7 Å². The van der Waals surface area contributed by atoms with Crippen molar-refractivity contribution in [1.29, 1.82) is 0 Å². The number of aryl methyl sites for hydroxylation is 1. The highest BCUT2D eigenvalue weighted by molar-refractivity contribution is 7.11. The van der Waals surface area contributed by atoms with Gasteiger partial charge in [0.05, 0.1) is 11.1 Å². The minimum atomic E-state index is -1.05. The molecule has 0 aliphatic carbocycles. The summed E-state index contributed by atoms with van der Waals surface area (Å²) in [6.45, 7) is 4.97. The second-order valence-electron chi connectivity index (χ2n) is 5.10. The van der Waals surface area contributed by atoms with Crippen LogP contribution in [0.2, 0.25) is 0 Å². The number of amides is 1. The molecular weight excluding hydrogens is 266 g/mol. The van der Waals surface area contributed by atoms with E-state index in [1.165, 1.54) is 4.90 Å².